The second kappa shape index (κ2) is 12.9. The Labute approximate surface area is 217 Å². The van der Waals surface area contributed by atoms with Crippen LogP contribution in [0.15, 0.2) is 52.9 Å². The molecule has 0 atom stereocenters. The van der Waals surface area contributed by atoms with Gasteiger partial charge >= 0.3 is 71.1 Å². The third kappa shape index (κ3) is 7.26. The molecule has 148 valence electrons. The fraction of sp³-hybridized carbons (Fsp3) is 0.263. The van der Waals surface area contributed by atoms with E-state index in [-0.39, 0.29) is 70.3 Å². The summed E-state index contributed by atoms with van der Waals surface area (Å²) in [4.78, 5) is 46.4. The van der Waals surface area contributed by atoms with Crippen LogP contribution in [0.25, 0.3) is 0 Å². The molecule has 1 aliphatic rings. The summed E-state index contributed by atoms with van der Waals surface area (Å²) in [6.45, 7) is 1.23. The maximum atomic E-state index is 12.5. The van der Waals surface area contributed by atoms with Crippen molar-refractivity contribution in [3.8, 4) is 0 Å². The first-order chi connectivity index (χ1) is 13.2. The first-order valence-electron chi connectivity index (χ1n) is 8.19. The van der Waals surface area contributed by atoms with Crippen molar-refractivity contribution in [3.63, 3.8) is 0 Å². The SMILES string of the molecule is CC1=C(C(=O)OCC(=O)[O-])C(c2ccccc2)C(C(=O)OCC(=O)[O-])=C(C)N1.[Na+].[Na+]. The molecule has 0 radical (unpaired) electrons. The van der Waals surface area contributed by atoms with Gasteiger partial charge in [0.05, 0.1) is 29.0 Å². The number of carboxylic acid groups (broad SMARTS) is 2. The van der Waals surface area contributed by atoms with E-state index in [2.05, 4.69) is 5.32 Å². The van der Waals surface area contributed by atoms with Crippen molar-refractivity contribution < 1.29 is 98.0 Å². The molecule has 0 spiro atoms. The van der Waals surface area contributed by atoms with Gasteiger partial charge in [-0.2, -0.15) is 0 Å². The van der Waals surface area contributed by atoms with Gasteiger partial charge in [0.15, 0.2) is 0 Å². The minimum atomic E-state index is -1.58. The zero-order chi connectivity index (χ0) is 20.8. The van der Waals surface area contributed by atoms with Crippen LogP contribution in [0.2, 0.25) is 0 Å². The summed E-state index contributed by atoms with van der Waals surface area (Å²) in [5.41, 5.74) is 1.23. The number of hydrogen-bond donors (Lipinski definition) is 1. The van der Waals surface area contributed by atoms with Crippen molar-refractivity contribution in [2.45, 2.75) is 19.8 Å². The number of ether oxygens (including phenoxy) is 2. The summed E-state index contributed by atoms with van der Waals surface area (Å²) in [6, 6.07) is 8.44. The summed E-state index contributed by atoms with van der Waals surface area (Å²) in [6.07, 6.45) is 0. The van der Waals surface area contributed by atoms with Crippen LogP contribution in [0.4, 0.5) is 0 Å². The number of carboxylic acids is 2. The molecule has 0 fully saturated rings. The van der Waals surface area contributed by atoms with Gasteiger partial charge in [0.1, 0.15) is 13.2 Å². The predicted molar refractivity (Wildman–Crippen MR) is 89.7 cm³/mol. The molecule has 0 unspecified atom stereocenters. The van der Waals surface area contributed by atoms with E-state index in [1.54, 1.807) is 44.2 Å². The first kappa shape index (κ1) is 28.4. The van der Waals surface area contributed by atoms with Crippen LogP contribution in [0, 0.1) is 0 Å². The third-order valence-corrected chi connectivity index (χ3v) is 3.98. The van der Waals surface area contributed by atoms with E-state index in [0.717, 1.165) is 0 Å². The van der Waals surface area contributed by atoms with Gasteiger partial charge in [0.25, 0.3) is 0 Å². The molecule has 0 bridgehead atoms. The molecule has 1 N–H and O–H groups in total. The number of dihydropyridines is 1. The Hall–Kier alpha value is -1.62. The third-order valence-electron chi connectivity index (χ3n) is 3.98. The Morgan fingerprint density at radius 2 is 1.23 bits per heavy atom. The molecule has 9 nitrogen and oxygen atoms in total. The smallest absolute Gasteiger partial charge is 0.546 e. The second-order valence-electron chi connectivity index (χ2n) is 5.94. The van der Waals surface area contributed by atoms with Gasteiger partial charge in [-0.1, -0.05) is 30.3 Å². The van der Waals surface area contributed by atoms with Crippen LogP contribution in [0.1, 0.15) is 25.3 Å². The summed E-state index contributed by atoms with van der Waals surface area (Å²) in [7, 11) is 0. The van der Waals surface area contributed by atoms with E-state index in [9.17, 15) is 29.4 Å². The number of carbonyl (C=O) groups is 4. The maximum absolute atomic E-state index is 12.5. The van der Waals surface area contributed by atoms with Crippen molar-refractivity contribution >= 4 is 23.9 Å². The number of benzene rings is 1. The molecule has 11 heteroatoms. The van der Waals surface area contributed by atoms with E-state index in [1.165, 1.54) is 0 Å². The summed E-state index contributed by atoms with van der Waals surface area (Å²) in [5, 5.41) is 24.1. The number of allylic oxidation sites excluding steroid dienone is 2. The van der Waals surface area contributed by atoms with Crippen LogP contribution in [0.5, 0.6) is 0 Å². The zero-order valence-corrected chi connectivity index (χ0v) is 21.1. The van der Waals surface area contributed by atoms with Gasteiger partial charge in [-0.05, 0) is 19.4 Å². The van der Waals surface area contributed by atoms with E-state index < -0.39 is 43.0 Å². The van der Waals surface area contributed by atoms with E-state index in [4.69, 9.17) is 9.47 Å². The molecule has 30 heavy (non-hydrogen) atoms. The van der Waals surface area contributed by atoms with Crippen molar-refractivity contribution in [2.75, 3.05) is 13.2 Å². The average molecular weight is 433 g/mol. The van der Waals surface area contributed by atoms with E-state index in [0.29, 0.717) is 17.0 Å². The Bertz CT molecular complexity index is 828. The van der Waals surface area contributed by atoms with Gasteiger partial charge in [0, 0.05) is 11.4 Å². The molecule has 0 amide bonds. The largest absolute Gasteiger partial charge is 1.00 e. The Balaban J connectivity index is 0.00000420. The molecular weight excluding hydrogens is 416 g/mol. The molecule has 0 saturated carbocycles. The van der Waals surface area contributed by atoms with Crippen LogP contribution < -0.4 is 74.6 Å². The van der Waals surface area contributed by atoms with Gasteiger partial charge in [-0.3, -0.25) is 0 Å². The quantitative estimate of drug-likeness (QED) is 0.327. The first-order valence-corrected chi connectivity index (χ1v) is 8.19. The van der Waals surface area contributed by atoms with Crippen LogP contribution in [0.3, 0.4) is 0 Å². The molecule has 1 aromatic carbocycles. The van der Waals surface area contributed by atoms with Crippen LogP contribution in [-0.2, 0) is 28.7 Å². The number of esters is 2. The van der Waals surface area contributed by atoms with Crippen molar-refractivity contribution in [3.05, 3.63) is 58.4 Å². The van der Waals surface area contributed by atoms with Gasteiger partial charge in [-0.25, -0.2) is 9.59 Å². The zero-order valence-electron chi connectivity index (χ0n) is 17.1. The fourth-order valence-corrected chi connectivity index (χ4v) is 2.92. The van der Waals surface area contributed by atoms with E-state index >= 15 is 0 Å². The summed E-state index contributed by atoms with van der Waals surface area (Å²) < 4.78 is 9.50. The molecule has 2 rings (SSSR count). The van der Waals surface area contributed by atoms with Crippen LogP contribution >= 0.6 is 0 Å². The van der Waals surface area contributed by atoms with E-state index in [1.807, 2.05) is 0 Å². The Morgan fingerprint density at radius 3 is 1.60 bits per heavy atom. The van der Waals surface area contributed by atoms with Gasteiger partial charge in [0.2, 0.25) is 0 Å². The molecule has 1 heterocycles. The standard InChI is InChI=1S/C19H19NO8.2Na/c1-10-15(18(25)27-8-13(21)22)17(12-6-4-3-5-7-12)16(11(2)20-10)19(26)28-9-14(23)24;;/h3-7,17,20H,8-9H2,1-2H3,(H,21,22)(H,23,24);;/q;2*+1/p-2. The molecule has 1 aromatic rings. The molecule has 0 saturated heterocycles. The Morgan fingerprint density at radius 1 is 0.833 bits per heavy atom. The Kier molecular flexibility index (Phi) is 12.2. The number of nitrogens with one attached hydrogen (secondary N) is 1. The molecule has 1 aliphatic heterocycles. The summed E-state index contributed by atoms with van der Waals surface area (Å²) in [5.74, 6) is -6.02. The monoisotopic (exact) mass is 433 g/mol. The number of aliphatic carboxylic acids is 2. The molecular formula is C19H17NNa2O8. The van der Waals surface area contributed by atoms with Gasteiger partial charge < -0.3 is 34.6 Å². The van der Waals surface area contributed by atoms with Gasteiger partial charge in [-0.15, -0.1) is 0 Å². The number of carbonyl (C=O) groups excluding carboxylic acids is 4. The normalized spacial score (nSPS) is 13.4. The van der Waals surface area contributed by atoms with Crippen LogP contribution in [-0.4, -0.2) is 37.1 Å². The minimum Gasteiger partial charge on any atom is -0.546 e. The maximum Gasteiger partial charge on any atom is 1.00 e. The van der Waals surface area contributed by atoms with Crippen molar-refractivity contribution in [1.82, 2.24) is 5.32 Å². The number of rotatable bonds is 7. The summed E-state index contributed by atoms with van der Waals surface area (Å²) >= 11 is 0. The fourth-order valence-electron chi connectivity index (χ4n) is 2.92. The predicted octanol–water partition coefficient (Wildman–Crippen LogP) is -7.48. The molecule has 0 aromatic heterocycles. The molecule has 0 aliphatic carbocycles. The number of hydrogen-bond acceptors (Lipinski definition) is 9. The average Bonchev–Trinajstić information content (AvgIpc) is 2.64. The topological polar surface area (TPSA) is 145 Å². The van der Waals surface area contributed by atoms with Crippen molar-refractivity contribution in [2.24, 2.45) is 0 Å². The second-order valence-corrected chi connectivity index (χ2v) is 5.94. The minimum absolute atomic E-state index is 0. The van der Waals surface area contributed by atoms with Crippen molar-refractivity contribution in [1.29, 1.82) is 0 Å².